The predicted octanol–water partition coefficient (Wildman–Crippen LogP) is 5.89. The third kappa shape index (κ3) is 4.46. The van der Waals surface area contributed by atoms with Crippen LogP contribution in [0.15, 0.2) is 57.8 Å². The van der Waals surface area contributed by atoms with Gasteiger partial charge in [0.05, 0.1) is 17.5 Å². The van der Waals surface area contributed by atoms with E-state index in [2.05, 4.69) is 20.2 Å². The molecule has 2 heterocycles. The molecule has 1 saturated heterocycles. The van der Waals surface area contributed by atoms with Crippen molar-refractivity contribution in [3.63, 3.8) is 0 Å². The van der Waals surface area contributed by atoms with Crippen LogP contribution >= 0.6 is 11.6 Å². The molecule has 5 fully saturated rings. The second-order valence-corrected chi connectivity index (χ2v) is 14.6. The van der Waals surface area contributed by atoms with E-state index in [0.717, 1.165) is 74.3 Å². The molecular formula is C29H35ClN6O2S. The molecule has 0 radical (unpaired) electrons. The summed E-state index contributed by atoms with van der Waals surface area (Å²) in [7, 11) is -1.33. The molecule has 1 aromatic heterocycles. The number of tetrazole rings is 1. The molecule has 4 aliphatic carbocycles. The second-order valence-electron chi connectivity index (χ2n) is 12.0. The van der Waals surface area contributed by atoms with Gasteiger partial charge in [-0.1, -0.05) is 23.7 Å². The molecule has 0 N–H and O–H groups in total. The number of rotatable bonds is 7. The fourth-order valence-electron chi connectivity index (χ4n) is 8.04. The number of hydrogen-bond donors (Lipinski definition) is 0. The van der Waals surface area contributed by atoms with Crippen LogP contribution in [0.2, 0.25) is 5.02 Å². The van der Waals surface area contributed by atoms with Crippen molar-refractivity contribution in [1.29, 1.82) is 0 Å². The highest BCUT2D eigenvalue weighted by molar-refractivity contribution is 7.91. The highest BCUT2D eigenvalue weighted by Crippen LogP contribution is 2.59. The Balaban J connectivity index is 1.40. The lowest BCUT2D eigenvalue weighted by Crippen LogP contribution is -2.52. The summed E-state index contributed by atoms with van der Waals surface area (Å²) in [6.07, 6.45) is 9.35. The Morgan fingerprint density at radius 1 is 0.974 bits per heavy atom. The van der Waals surface area contributed by atoms with Gasteiger partial charge in [-0.3, -0.25) is 0 Å². The van der Waals surface area contributed by atoms with E-state index in [4.69, 9.17) is 20.7 Å². The molecule has 2 aromatic carbocycles. The number of aromatic nitrogens is 4. The van der Waals surface area contributed by atoms with Gasteiger partial charge in [-0.15, -0.1) is 5.10 Å². The molecule has 0 spiro atoms. The predicted molar refractivity (Wildman–Crippen MR) is 150 cm³/mol. The lowest BCUT2D eigenvalue weighted by atomic mass is 9.53. The van der Waals surface area contributed by atoms with Gasteiger partial charge in [-0.2, -0.15) is 0 Å². The summed E-state index contributed by atoms with van der Waals surface area (Å²) >= 11 is 6.29. The van der Waals surface area contributed by atoms with E-state index in [1.807, 2.05) is 52.8 Å². The highest BCUT2D eigenvalue weighted by atomic mass is 35.5. The summed E-state index contributed by atoms with van der Waals surface area (Å²) < 4.78 is 29.9. The van der Waals surface area contributed by atoms with E-state index >= 15 is 4.21 Å². The molecule has 3 aromatic rings. The fraction of sp³-hybridized carbons (Fsp3) is 0.552. The number of halogens is 1. The van der Waals surface area contributed by atoms with Crippen LogP contribution in [0.4, 0.5) is 0 Å². The summed E-state index contributed by atoms with van der Waals surface area (Å²) in [5.41, 5.74) is 0.809. The number of ether oxygens (including phenoxy) is 1. The molecule has 2 atom stereocenters. The smallest absolute Gasteiger partial charge is 0.181 e. The Morgan fingerprint density at radius 2 is 1.59 bits per heavy atom. The van der Waals surface area contributed by atoms with Crippen molar-refractivity contribution in [3.8, 4) is 5.75 Å². The normalized spacial score (nSPS) is 30.3. The molecule has 4 bridgehead atoms. The summed E-state index contributed by atoms with van der Waals surface area (Å²) in [5.74, 6) is 3.63. The van der Waals surface area contributed by atoms with Gasteiger partial charge >= 0.3 is 0 Å². The third-order valence-electron chi connectivity index (χ3n) is 9.41. The first-order valence-electron chi connectivity index (χ1n) is 14.2. The van der Waals surface area contributed by atoms with Gasteiger partial charge in [0.15, 0.2) is 5.82 Å². The van der Waals surface area contributed by atoms with Gasteiger partial charge < -0.3 is 4.74 Å². The van der Waals surface area contributed by atoms with Crippen LogP contribution in [0, 0.1) is 17.8 Å². The lowest BCUT2D eigenvalue weighted by molar-refractivity contribution is -0.0519. The van der Waals surface area contributed by atoms with Gasteiger partial charge in [-0.05, 0) is 122 Å². The van der Waals surface area contributed by atoms with Crippen molar-refractivity contribution in [2.24, 2.45) is 22.1 Å². The van der Waals surface area contributed by atoms with E-state index in [-0.39, 0.29) is 5.54 Å². The first-order valence-corrected chi connectivity index (χ1v) is 16.0. The average Bonchev–Trinajstić information content (AvgIpc) is 3.65. The summed E-state index contributed by atoms with van der Waals surface area (Å²) in [5, 5.41) is 14.1. The summed E-state index contributed by atoms with van der Waals surface area (Å²) in [6, 6.07) is 14.5. The lowest BCUT2D eigenvalue weighted by Gasteiger charge is -2.56. The van der Waals surface area contributed by atoms with E-state index in [0.29, 0.717) is 15.7 Å². The molecule has 8 rings (SSSR count). The van der Waals surface area contributed by atoms with Gasteiger partial charge in [0.2, 0.25) is 0 Å². The molecule has 10 heteroatoms. The zero-order valence-corrected chi connectivity index (χ0v) is 23.9. The van der Waals surface area contributed by atoms with Crippen LogP contribution in [-0.4, -0.2) is 48.9 Å². The van der Waals surface area contributed by atoms with Crippen LogP contribution in [0.3, 0.4) is 0 Å². The van der Waals surface area contributed by atoms with Crippen molar-refractivity contribution in [2.75, 3.05) is 20.2 Å². The molecule has 8 nitrogen and oxygen atoms in total. The van der Waals surface area contributed by atoms with Gasteiger partial charge in [0.25, 0.3) is 0 Å². The van der Waals surface area contributed by atoms with Crippen molar-refractivity contribution in [1.82, 2.24) is 24.5 Å². The monoisotopic (exact) mass is 566 g/mol. The van der Waals surface area contributed by atoms with Crippen molar-refractivity contribution in [3.05, 3.63) is 64.9 Å². The van der Waals surface area contributed by atoms with Crippen LogP contribution < -0.4 is 4.74 Å². The number of hydrogen-bond acceptors (Lipinski definition) is 6. The zero-order valence-electron chi connectivity index (χ0n) is 22.3. The zero-order chi connectivity index (χ0) is 26.6. The number of methoxy groups -OCH3 is 1. The second kappa shape index (κ2) is 9.85. The standard InChI is InChI=1S/C29H35ClN6O2S/c1-38-25-8-10-26(11-9-25)39(37,35-12-2-3-13-35)32-27(23-4-6-24(30)7-5-23)28-31-33-34-36(28)29-17-20-14-21(18-29)16-22(15-20)19-29/h4-11,20-22,27H,2-3,12-19H2,1H3. The highest BCUT2D eigenvalue weighted by Gasteiger charge is 2.54. The minimum atomic E-state index is -2.97. The fourth-order valence-corrected chi connectivity index (χ4v) is 10.5. The van der Waals surface area contributed by atoms with Crippen LogP contribution in [-0.2, 0) is 15.5 Å². The molecule has 5 aliphatic rings. The maximum absolute atomic E-state index is 15.1. The Labute approximate surface area is 235 Å². The Kier molecular flexibility index (Phi) is 6.44. The topological polar surface area (TPSA) is 85.5 Å². The summed E-state index contributed by atoms with van der Waals surface area (Å²) in [4.78, 5) is 0.679. The quantitative estimate of drug-likeness (QED) is 0.356. The van der Waals surface area contributed by atoms with Crippen molar-refractivity contribution >= 4 is 21.5 Å². The number of benzene rings is 2. The third-order valence-corrected chi connectivity index (χ3v) is 12.1. The first kappa shape index (κ1) is 25.5. The largest absolute Gasteiger partial charge is 0.497 e. The average molecular weight is 567 g/mol. The van der Waals surface area contributed by atoms with Gasteiger partial charge in [0.1, 0.15) is 21.7 Å². The summed E-state index contributed by atoms with van der Waals surface area (Å²) in [6.45, 7) is 1.48. The van der Waals surface area contributed by atoms with Crippen LogP contribution in [0.25, 0.3) is 0 Å². The maximum atomic E-state index is 15.1. The van der Waals surface area contributed by atoms with E-state index < -0.39 is 16.0 Å². The Bertz CT molecular complexity index is 1420. The van der Waals surface area contributed by atoms with E-state index in [1.165, 1.54) is 19.3 Å². The van der Waals surface area contributed by atoms with Gasteiger partial charge in [0, 0.05) is 18.1 Å². The van der Waals surface area contributed by atoms with E-state index in [1.54, 1.807) is 7.11 Å². The molecule has 1 aliphatic heterocycles. The SMILES string of the molecule is COc1ccc(S(=O)(=NC(c2ccc(Cl)cc2)c2nnnn2C23CC4CC(CC(C4)C2)C3)N2CCCC2)cc1. The van der Waals surface area contributed by atoms with Crippen molar-refractivity contribution in [2.45, 2.75) is 67.8 Å². The molecule has 206 valence electrons. The maximum Gasteiger partial charge on any atom is 0.181 e. The molecule has 2 unspecified atom stereocenters. The van der Waals surface area contributed by atoms with Crippen molar-refractivity contribution < 1.29 is 8.95 Å². The minimum absolute atomic E-state index is 0.0809. The molecule has 39 heavy (non-hydrogen) atoms. The molecule has 0 amide bonds. The van der Waals surface area contributed by atoms with Gasteiger partial charge in [-0.25, -0.2) is 17.6 Å². The van der Waals surface area contributed by atoms with Crippen LogP contribution in [0.1, 0.15) is 68.8 Å². The molecule has 4 saturated carbocycles. The molecular weight excluding hydrogens is 532 g/mol. The Hall–Kier alpha value is -2.49. The minimum Gasteiger partial charge on any atom is -0.497 e. The van der Waals surface area contributed by atoms with E-state index in [9.17, 15) is 0 Å². The van der Waals surface area contributed by atoms with Crippen LogP contribution in [0.5, 0.6) is 5.75 Å². The Morgan fingerprint density at radius 3 is 2.18 bits per heavy atom. The first-order chi connectivity index (χ1) is 19.0. The number of nitrogens with zero attached hydrogens (tertiary/aromatic N) is 6.